The smallest absolute Gasteiger partial charge is 0.337 e. The molecule has 0 amide bonds. The summed E-state index contributed by atoms with van der Waals surface area (Å²) in [7, 11) is -3.34. The summed E-state index contributed by atoms with van der Waals surface area (Å²) in [5.74, 6) is -1.05. The first-order valence-electron chi connectivity index (χ1n) is 5.76. The number of anilines is 1. The number of nitrogens with one attached hydrogen (secondary N) is 2. The molecule has 0 saturated heterocycles. The Morgan fingerprint density at radius 1 is 1.40 bits per heavy atom. The third-order valence-electron chi connectivity index (χ3n) is 2.39. The average molecular weight is 365 g/mol. The minimum absolute atomic E-state index is 0.128. The van der Waals surface area contributed by atoms with E-state index in [9.17, 15) is 13.2 Å². The molecule has 0 spiro atoms. The van der Waals surface area contributed by atoms with Gasteiger partial charge in [-0.3, -0.25) is 0 Å². The van der Waals surface area contributed by atoms with E-state index in [4.69, 9.17) is 5.11 Å². The lowest BCUT2D eigenvalue weighted by molar-refractivity contribution is 0.0698. The van der Waals surface area contributed by atoms with Crippen LogP contribution >= 0.6 is 15.9 Å². The number of benzene rings is 1. The third kappa shape index (κ3) is 5.48. The zero-order valence-corrected chi connectivity index (χ0v) is 13.8. The van der Waals surface area contributed by atoms with Crippen LogP contribution in [0.2, 0.25) is 0 Å². The first-order chi connectivity index (χ1) is 9.00. The molecule has 1 aromatic carbocycles. The molecule has 0 bridgehead atoms. The largest absolute Gasteiger partial charge is 0.478 e. The molecule has 6 nitrogen and oxygen atoms in total. The molecule has 1 aromatic rings. The van der Waals surface area contributed by atoms with E-state index in [0.29, 0.717) is 5.69 Å². The molecule has 0 radical (unpaired) electrons. The van der Waals surface area contributed by atoms with Crippen LogP contribution in [-0.4, -0.2) is 37.8 Å². The third-order valence-corrected chi connectivity index (χ3v) is 3.81. The van der Waals surface area contributed by atoms with E-state index in [2.05, 4.69) is 26.0 Å². The van der Waals surface area contributed by atoms with E-state index in [0.717, 1.165) is 10.7 Å². The highest BCUT2D eigenvalue weighted by molar-refractivity contribution is 9.10. The van der Waals surface area contributed by atoms with Gasteiger partial charge in [0.15, 0.2) is 0 Å². The highest BCUT2D eigenvalue weighted by atomic mass is 79.9. The lowest BCUT2D eigenvalue weighted by atomic mass is 10.1. The highest BCUT2D eigenvalue weighted by Crippen LogP contribution is 2.22. The monoisotopic (exact) mass is 364 g/mol. The second kappa shape index (κ2) is 6.11. The Morgan fingerprint density at radius 3 is 2.50 bits per heavy atom. The van der Waals surface area contributed by atoms with Gasteiger partial charge in [0.05, 0.1) is 11.8 Å². The minimum atomic E-state index is -3.34. The Kier molecular flexibility index (Phi) is 5.17. The van der Waals surface area contributed by atoms with Crippen LogP contribution in [0, 0.1) is 0 Å². The van der Waals surface area contributed by atoms with Gasteiger partial charge in [-0.2, -0.15) is 0 Å². The first kappa shape index (κ1) is 16.9. The van der Waals surface area contributed by atoms with Crippen molar-refractivity contribution in [2.24, 2.45) is 0 Å². The summed E-state index contributed by atoms with van der Waals surface area (Å²) in [4.78, 5) is 11.1. The van der Waals surface area contributed by atoms with Gasteiger partial charge in [0, 0.05) is 22.2 Å². The van der Waals surface area contributed by atoms with Crippen molar-refractivity contribution in [3.63, 3.8) is 0 Å². The van der Waals surface area contributed by atoms with Crippen molar-refractivity contribution in [3.8, 4) is 0 Å². The zero-order valence-electron chi connectivity index (χ0n) is 11.4. The van der Waals surface area contributed by atoms with Gasteiger partial charge < -0.3 is 10.4 Å². The van der Waals surface area contributed by atoms with Gasteiger partial charge in [0.25, 0.3) is 0 Å². The molecule has 0 aromatic heterocycles. The van der Waals surface area contributed by atoms with Crippen LogP contribution in [0.25, 0.3) is 0 Å². The summed E-state index contributed by atoms with van der Waals surface area (Å²) in [5.41, 5.74) is -0.190. The quantitative estimate of drug-likeness (QED) is 0.716. The summed E-state index contributed by atoms with van der Waals surface area (Å²) < 4.78 is 25.7. The molecule has 0 atom stereocenters. The molecule has 0 saturated carbocycles. The Labute approximate surface area is 126 Å². The van der Waals surface area contributed by atoms with Gasteiger partial charge in [0.2, 0.25) is 10.0 Å². The molecule has 0 aliphatic heterocycles. The number of carboxylic acids is 1. The normalized spacial score (nSPS) is 12.2. The summed E-state index contributed by atoms with van der Waals surface area (Å²) in [6, 6.07) is 4.75. The Hall–Kier alpha value is -1.12. The van der Waals surface area contributed by atoms with E-state index in [1.165, 1.54) is 6.07 Å². The Balaban J connectivity index is 2.89. The van der Waals surface area contributed by atoms with Gasteiger partial charge in [-0.05, 0) is 32.0 Å². The van der Waals surface area contributed by atoms with Crippen LogP contribution in [-0.2, 0) is 10.0 Å². The standard InChI is InChI=1S/C12H17BrN2O4S/c1-12(2,15-20(3,18)19)7-14-10-6-8(13)4-5-9(10)11(16)17/h4-6,14-15H,7H2,1-3H3,(H,16,17). The Morgan fingerprint density at radius 2 is 2.00 bits per heavy atom. The fourth-order valence-electron chi connectivity index (χ4n) is 1.70. The molecule has 8 heteroatoms. The van der Waals surface area contributed by atoms with Crippen molar-refractivity contribution in [2.75, 3.05) is 18.1 Å². The van der Waals surface area contributed by atoms with Gasteiger partial charge in [0.1, 0.15) is 0 Å². The number of sulfonamides is 1. The molecule has 0 aliphatic carbocycles. The predicted molar refractivity (Wildman–Crippen MR) is 81.6 cm³/mol. The summed E-state index contributed by atoms with van der Waals surface area (Å²) in [6.45, 7) is 3.66. The molecule has 0 unspecified atom stereocenters. The van der Waals surface area contributed by atoms with Crippen LogP contribution in [0.5, 0.6) is 0 Å². The molecule has 3 N–H and O–H groups in total. The van der Waals surface area contributed by atoms with Crippen molar-refractivity contribution >= 4 is 37.6 Å². The molecule has 112 valence electrons. The molecule has 1 rings (SSSR count). The number of hydrogen-bond donors (Lipinski definition) is 3. The van der Waals surface area contributed by atoms with Crippen LogP contribution in [0.15, 0.2) is 22.7 Å². The fraction of sp³-hybridized carbons (Fsp3) is 0.417. The van der Waals surface area contributed by atoms with E-state index in [1.54, 1.807) is 26.0 Å². The lowest BCUT2D eigenvalue weighted by Crippen LogP contribution is -2.47. The van der Waals surface area contributed by atoms with E-state index in [-0.39, 0.29) is 12.1 Å². The SMILES string of the molecule is CC(C)(CNc1cc(Br)ccc1C(=O)O)NS(C)(=O)=O. The van der Waals surface area contributed by atoms with Crippen LogP contribution in [0.1, 0.15) is 24.2 Å². The van der Waals surface area contributed by atoms with Crippen LogP contribution in [0.3, 0.4) is 0 Å². The topological polar surface area (TPSA) is 95.5 Å². The van der Waals surface area contributed by atoms with Gasteiger partial charge in [-0.1, -0.05) is 15.9 Å². The second-order valence-electron chi connectivity index (χ2n) is 5.11. The highest BCUT2D eigenvalue weighted by Gasteiger charge is 2.22. The maximum Gasteiger partial charge on any atom is 0.337 e. The lowest BCUT2D eigenvalue weighted by Gasteiger charge is -2.26. The van der Waals surface area contributed by atoms with Crippen molar-refractivity contribution in [2.45, 2.75) is 19.4 Å². The van der Waals surface area contributed by atoms with Crippen LogP contribution < -0.4 is 10.0 Å². The van der Waals surface area contributed by atoms with Gasteiger partial charge in [-0.25, -0.2) is 17.9 Å². The van der Waals surface area contributed by atoms with Crippen molar-refractivity contribution < 1.29 is 18.3 Å². The van der Waals surface area contributed by atoms with E-state index < -0.39 is 21.5 Å². The maximum absolute atomic E-state index is 11.2. The minimum Gasteiger partial charge on any atom is -0.478 e. The molecule has 20 heavy (non-hydrogen) atoms. The van der Waals surface area contributed by atoms with Gasteiger partial charge >= 0.3 is 5.97 Å². The number of rotatable bonds is 6. The fourth-order valence-corrected chi connectivity index (χ4v) is 3.14. The molecule has 0 fully saturated rings. The number of aromatic carboxylic acids is 1. The number of hydrogen-bond acceptors (Lipinski definition) is 4. The number of carboxylic acid groups (broad SMARTS) is 1. The molecular formula is C12H17BrN2O4S. The summed E-state index contributed by atoms with van der Waals surface area (Å²) in [6.07, 6.45) is 1.08. The second-order valence-corrected chi connectivity index (χ2v) is 7.77. The first-order valence-corrected chi connectivity index (χ1v) is 8.44. The molecule has 0 heterocycles. The Bertz CT molecular complexity index is 614. The molecular weight excluding hydrogens is 348 g/mol. The van der Waals surface area contributed by atoms with Crippen molar-refractivity contribution in [3.05, 3.63) is 28.2 Å². The van der Waals surface area contributed by atoms with Crippen molar-refractivity contribution in [1.29, 1.82) is 0 Å². The zero-order chi connectivity index (χ0) is 15.6. The van der Waals surface area contributed by atoms with E-state index >= 15 is 0 Å². The number of carbonyl (C=O) groups is 1. The van der Waals surface area contributed by atoms with Crippen molar-refractivity contribution in [1.82, 2.24) is 4.72 Å². The number of halogens is 1. The van der Waals surface area contributed by atoms with Crippen LogP contribution in [0.4, 0.5) is 5.69 Å². The maximum atomic E-state index is 11.2. The van der Waals surface area contributed by atoms with Gasteiger partial charge in [-0.15, -0.1) is 0 Å². The predicted octanol–water partition coefficient (Wildman–Crippen LogP) is 1.89. The summed E-state index contributed by atoms with van der Waals surface area (Å²) >= 11 is 3.27. The summed E-state index contributed by atoms with van der Waals surface area (Å²) in [5, 5.41) is 12.1. The van der Waals surface area contributed by atoms with E-state index in [1.807, 2.05) is 0 Å². The molecule has 0 aliphatic rings. The average Bonchev–Trinajstić information content (AvgIpc) is 2.22.